The van der Waals surface area contributed by atoms with E-state index in [1.165, 1.54) is 19.1 Å². The van der Waals surface area contributed by atoms with Gasteiger partial charge in [0.2, 0.25) is 15.9 Å². The van der Waals surface area contributed by atoms with Crippen LogP contribution in [0.25, 0.3) is 0 Å². The summed E-state index contributed by atoms with van der Waals surface area (Å²) in [5.74, 6) is 0.641. The van der Waals surface area contributed by atoms with Crippen molar-refractivity contribution in [2.75, 3.05) is 64.0 Å². The van der Waals surface area contributed by atoms with Crippen molar-refractivity contribution >= 4 is 21.6 Å². The second kappa shape index (κ2) is 8.59. The average molecular weight is 386 g/mol. The van der Waals surface area contributed by atoms with Crippen LogP contribution in [0.1, 0.15) is 6.92 Å². The fourth-order valence-electron chi connectivity index (χ4n) is 3.02. The molecular formula is C17H28N3O5S+. The van der Waals surface area contributed by atoms with Gasteiger partial charge in [0.25, 0.3) is 0 Å². The predicted molar refractivity (Wildman–Crippen MR) is 99.6 cm³/mol. The molecule has 0 spiro atoms. The quantitative estimate of drug-likeness (QED) is 0.665. The van der Waals surface area contributed by atoms with Gasteiger partial charge in [-0.05, 0) is 19.1 Å². The molecule has 0 radical (unpaired) electrons. The summed E-state index contributed by atoms with van der Waals surface area (Å²) in [6.45, 7) is 5.91. The van der Waals surface area contributed by atoms with Crippen LogP contribution >= 0.6 is 0 Å². The van der Waals surface area contributed by atoms with Crippen LogP contribution in [0.2, 0.25) is 0 Å². The molecular weight excluding hydrogens is 358 g/mol. The minimum atomic E-state index is -3.68. The van der Waals surface area contributed by atoms with Gasteiger partial charge in [0.15, 0.2) is 0 Å². The summed E-state index contributed by atoms with van der Waals surface area (Å²) >= 11 is 0. The first-order valence-corrected chi connectivity index (χ1v) is 10.5. The molecule has 146 valence electrons. The molecule has 0 aliphatic carbocycles. The molecule has 1 amide bonds. The van der Waals surface area contributed by atoms with Crippen LogP contribution in [-0.4, -0.2) is 79.0 Å². The molecule has 1 saturated heterocycles. The van der Waals surface area contributed by atoms with Crippen molar-refractivity contribution in [3.8, 4) is 11.5 Å². The molecule has 1 aliphatic rings. The molecule has 0 bridgehead atoms. The van der Waals surface area contributed by atoms with E-state index in [1.807, 2.05) is 0 Å². The van der Waals surface area contributed by atoms with Crippen LogP contribution in [0, 0.1) is 0 Å². The molecule has 0 aromatic heterocycles. The molecule has 1 fully saturated rings. The second-order valence-electron chi connectivity index (χ2n) is 6.29. The standard InChI is InChI=1S/C17H27N3O5S/c1-5-18-8-10-19(11-9-18)17(21)13-20(26(4,22)23)15-12-14(24-2)6-7-16(15)25-3/h6-7,12H,5,8-11,13H2,1-4H3/p+1. The number of carbonyl (C=O) groups is 1. The molecule has 1 N–H and O–H groups in total. The number of hydrogen-bond acceptors (Lipinski definition) is 5. The van der Waals surface area contributed by atoms with E-state index >= 15 is 0 Å². The molecule has 8 nitrogen and oxygen atoms in total. The lowest BCUT2D eigenvalue weighted by Gasteiger charge is -2.33. The highest BCUT2D eigenvalue weighted by molar-refractivity contribution is 7.92. The Morgan fingerprint density at radius 1 is 1.23 bits per heavy atom. The summed E-state index contributed by atoms with van der Waals surface area (Å²) in [6, 6.07) is 4.86. The summed E-state index contributed by atoms with van der Waals surface area (Å²) in [6.07, 6.45) is 1.08. The Labute approximate surface area is 155 Å². The highest BCUT2D eigenvalue weighted by atomic mass is 32.2. The van der Waals surface area contributed by atoms with Crippen molar-refractivity contribution in [1.29, 1.82) is 0 Å². The van der Waals surface area contributed by atoms with Crippen molar-refractivity contribution in [3.05, 3.63) is 18.2 Å². The lowest BCUT2D eigenvalue weighted by atomic mass is 10.2. The number of likely N-dealkylation sites (N-methyl/N-ethyl adjacent to an activating group) is 1. The zero-order valence-electron chi connectivity index (χ0n) is 15.8. The van der Waals surface area contributed by atoms with Gasteiger partial charge in [-0.2, -0.15) is 0 Å². The van der Waals surface area contributed by atoms with Crippen molar-refractivity contribution < 1.29 is 27.6 Å². The fraction of sp³-hybridized carbons (Fsp3) is 0.588. The summed E-state index contributed by atoms with van der Waals surface area (Å²) in [7, 11) is -0.724. The molecule has 2 rings (SSSR count). The van der Waals surface area contributed by atoms with Crippen LogP contribution in [0.15, 0.2) is 18.2 Å². The Bertz CT molecular complexity index is 730. The Hall–Kier alpha value is -2.00. The minimum absolute atomic E-state index is 0.213. The number of rotatable bonds is 7. The molecule has 0 saturated carbocycles. The largest absolute Gasteiger partial charge is 0.497 e. The Kier molecular flexibility index (Phi) is 6.71. The zero-order chi connectivity index (χ0) is 19.3. The second-order valence-corrected chi connectivity index (χ2v) is 8.20. The number of anilines is 1. The maximum atomic E-state index is 12.7. The van der Waals surface area contributed by atoms with E-state index in [0.29, 0.717) is 30.3 Å². The number of ether oxygens (including phenoxy) is 2. The van der Waals surface area contributed by atoms with Gasteiger partial charge in [0, 0.05) is 6.07 Å². The van der Waals surface area contributed by atoms with E-state index in [1.54, 1.807) is 23.1 Å². The van der Waals surface area contributed by atoms with E-state index in [-0.39, 0.29) is 12.5 Å². The van der Waals surface area contributed by atoms with Crippen LogP contribution in [0.4, 0.5) is 5.69 Å². The summed E-state index contributed by atoms with van der Waals surface area (Å²) < 4.78 is 36.3. The number of piperazine rings is 1. The number of benzene rings is 1. The number of nitrogens with zero attached hydrogens (tertiary/aromatic N) is 2. The van der Waals surface area contributed by atoms with Gasteiger partial charge in [-0.25, -0.2) is 8.42 Å². The number of sulfonamides is 1. The van der Waals surface area contributed by atoms with Crippen LogP contribution < -0.4 is 18.7 Å². The van der Waals surface area contributed by atoms with Crippen molar-refractivity contribution in [2.24, 2.45) is 0 Å². The summed E-state index contributed by atoms with van der Waals surface area (Å²) in [5, 5.41) is 0. The molecule has 26 heavy (non-hydrogen) atoms. The Balaban J connectivity index is 2.25. The van der Waals surface area contributed by atoms with Gasteiger partial charge >= 0.3 is 0 Å². The van der Waals surface area contributed by atoms with Crippen LogP contribution in [0.5, 0.6) is 11.5 Å². The van der Waals surface area contributed by atoms with E-state index in [0.717, 1.165) is 30.2 Å². The molecule has 0 atom stereocenters. The lowest BCUT2D eigenvalue weighted by Crippen LogP contribution is -3.14. The Morgan fingerprint density at radius 2 is 1.88 bits per heavy atom. The first kappa shape index (κ1) is 20.3. The number of amides is 1. The van der Waals surface area contributed by atoms with Gasteiger partial charge in [-0.1, -0.05) is 0 Å². The average Bonchev–Trinajstić information content (AvgIpc) is 2.64. The third-order valence-electron chi connectivity index (χ3n) is 4.66. The SMILES string of the molecule is CC[NH+]1CCN(C(=O)CN(c2cc(OC)ccc2OC)S(C)(=O)=O)CC1. The van der Waals surface area contributed by atoms with Gasteiger partial charge in [0.05, 0.1) is 58.9 Å². The van der Waals surface area contributed by atoms with Gasteiger partial charge in [-0.15, -0.1) is 0 Å². The topological polar surface area (TPSA) is 80.6 Å². The number of methoxy groups -OCH3 is 2. The van der Waals surface area contributed by atoms with Crippen molar-refractivity contribution in [1.82, 2.24) is 4.90 Å². The van der Waals surface area contributed by atoms with Crippen LogP contribution in [0.3, 0.4) is 0 Å². The third kappa shape index (κ3) is 4.79. The normalized spacial score (nSPS) is 15.6. The molecule has 1 aromatic rings. The molecule has 0 unspecified atom stereocenters. The number of carbonyl (C=O) groups excluding carboxylic acids is 1. The first-order chi connectivity index (χ1) is 12.3. The zero-order valence-corrected chi connectivity index (χ0v) is 16.6. The van der Waals surface area contributed by atoms with E-state index in [4.69, 9.17) is 9.47 Å². The highest BCUT2D eigenvalue weighted by Crippen LogP contribution is 2.33. The Morgan fingerprint density at radius 3 is 2.38 bits per heavy atom. The number of nitrogens with one attached hydrogen (secondary N) is 1. The third-order valence-corrected chi connectivity index (χ3v) is 5.78. The summed E-state index contributed by atoms with van der Waals surface area (Å²) in [5.41, 5.74) is 0.292. The number of quaternary nitrogens is 1. The van der Waals surface area contributed by atoms with Gasteiger partial charge < -0.3 is 19.3 Å². The van der Waals surface area contributed by atoms with Gasteiger partial charge in [-0.3, -0.25) is 9.10 Å². The fourth-order valence-corrected chi connectivity index (χ4v) is 3.87. The minimum Gasteiger partial charge on any atom is -0.497 e. The molecule has 1 aliphatic heterocycles. The van der Waals surface area contributed by atoms with Gasteiger partial charge in [0.1, 0.15) is 18.0 Å². The maximum Gasteiger partial charge on any atom is 0.243 e. The predicted octanol–water partition coefficient (Wildman–Crippen LogP) is -0.783. The molecule has 1 heterocycles. The van der Waals surface area contributed by atoms with E-state index in [9.17, 15) is 13.2 Å². The smallest absolute Gasteiger partial charge is 0.243 e. The molecule has 9 heteroatoms. The maximum absolute atomic E-state index is 12.7. The number of hydrogen-bond donors (Lipinski definition) is 1. The lowest BCUT2D eigenvalue weighted by molar-refractivity contribution is -0.902. The van der Waals surface area contributed by atoms with Crippen LogP contribution in [-0.2, 0) is 14.8 Å². The van der Waals surface area contributed by atoms with E-state index < -0.39 is 10.0 Å². The highest BCUT2D eigenvalue weighted by Gasteiger charge is 2.29. The molecule has 1 aromatic carbocycles. The van der Waals surface area contributed by atoms with Crippen molar-refractivity contribution in [3.63, 3.8) is 0 Å². The van der Waals surface area contributed by atoms with Crippen molar-refractivity contribution in [2.45, 2.75) is 6.92 Å². The summed E-state index contributed by atoms with van der Waals surface area (Å²) in [4.78, 5) is 15.9. The van der Waals surface area contributed by atoms with E-state index in [2.05, 4.69) is 6.92 Å². The first-order valence-electron chi connectivity index (χ1n) is 8.61. The monoisotopic (exact) mass is 386 g/mol.